The minimum atomic E-state index is -0.329. The maximum atomic E-state index is 13.2. The van der Waals surface area contributed by atoms with Gasteiger partial charge in [0.2, 0.25) is 11.9 Å². The number of fused-ring (bicyclic) bond motifs is 2. The zero-order chi connectivity index (χ0) is 18.4. The Hall–Kier alpha value is -1.79. The van der Waals surface area contributed by atoms with Crippen molar-refractivity contribution in [3.05, 3.63) is 36.0 Å². The van der Waals surface area contributed by atoms with Crippen LogP contribution in [0.2, 0.25) is 0 Å². The molecule has 5 rings (SSSR count). The van der Waals surface area contributed by atoms with Crippen LogP contribution in [0.1, 0.15) is 50.5 Å². The van der Waals surface area contributed by atoms with Crippen molar-refractivity contribution in [2.45, 2.75) is 61.3 Å². The molecule has 2 aliphatic carbocycles. The van der Waals surface area contributed by atoms with Crippen LogP contribution in [0.25, 0.3) is 0 Å². The Morgan fingerprint density at radius 3 is 2.56 bits per heavy atom. The van der Waals surface area contributed by atoms with Gasteiger partial charge < -0.3 is 5.32 Å². The van der Waals surface area contributed by atoms with Crippen molar-refractivity contribution in [1.29, 1.82) is 0 Å². The summed E-state index contributed by atoms with van der Waals surface area (Å²) >= 11 is 0. The molecule has 27 heavy (non-hydrogen) atoms. The van der Waals surface area contributed by atoms with E-state index in [-0.39, 0.29) is 17.4 Å². The standard InChI is InChI=1S/C20H21ClN4OS/c21-27-15-8-6-13(7-9-15)23-19-22-12-16-17(24-19)25(14-4-2-1-3-5-14)18(26)20(16)10-11-20/h6-9,12,14H,1-5,10-11H2,(H,22,23,24). The van der Waals surface area contributed by atoms with Crippen LogP contribution in [0.15, 0.2) is 35.4 Å². The van der Waals surface area contributed by atoms with Crippen LogP contribution in [0.5, 0.6) is 0 Å². The summed E-state index contributed by atoms with van der Waals surface area (Å²) in [6, 6.07) is 8.09. The molecule has 2 heterocycles. The summed E-state index contributed by atoms with van der Waals surface area (Å²) in [4.78, 5) is 25.5. The maximum absolute atomic E-state index is 13.2. The first-order valence-electron chi connectivity index (χ1n) is 9.58. The largest absolute Gasteiger partial charge is 0.324 e. The van der Waals surface area contributed by atoms with Gasteiger partial charge in [-0.2, -0.15) is 4.98 Å². The number of amides is 1. The predicted molar refractivity (Wildman–Crippen MR) is 109 cm³/mol. The molecule has 1 N–H and O–H groups in total. The fourth-order valence-corrected chi connectivity index (χ4v) is 4.95. The topological polar surface area (TPSA) is 58.1 Å². The second-order valence-corrected chi connectivity index (χ2v) is 8.80. The van der Waals surface area contributed by atoms with Crippen LogP contribution >= 0.6 is 21.7 Å². The molecule has 1 amide bonds. The van der Waals surface area contributed by atoms with E-state index >= 15 is 0 Å². The molecule has 0 saturated heterocycles. The van der Waals surface area contributed by atoms with Gasteiger partial charge in [-0.25, -0.2) is 4.98 Å². The quantitative estimate of drug-likeness (QED) is 0.766. The van der Waals surface area contributed by atoms with Gasteiger partial charge in [-0.05, 0) is 71.6 Å². The summed E-state index contributed by atoms with van der Waals surface area (Å²) in [5, 5.41) is 3.26. The first kappa shape index (κ1) is 17.3. The van der Waals surface area contributed by atoms with Crippen LogP contribution in [0.3, 0.4) is 0 Å². The summed E-state index contributed by atoms with van der Waals surface area (Å²) in [5.41, 5.74) is 1.60. The van der Waals surface area contributed by atoms with E-state index in [0.29, 0.717) is 5.95 Å². The van der Waals surface area contributed by atoms with Crippen molar-refractivity contribution in [3.8, 4) is 0 Å². The molecular weight excluding hydrogens is 380 g/mol. The maximum Gasteiger partial charge on any atom is 0.239 e. The molecule has 1 aromatic heterocycles. The Bertz CT molecular complexity index is 878. The van der Waals surface area contributed by atoms with Crippen LogP contribution in [0, 0.1) is 0 Å². The Morgan fingerprint density at radius 2 is 1.89 bits per heavy atom. The first-order chi connectivity index (χ1) is 13.2. The molecule has 2 aromatic rings. The number of hydrogen-bond acceptors (Lipinski definition) is 5. The Morgan fingerprint density at radius 1 is 1.15 bits per heavy atom. The smallest absolute Gasteiger partial charge is 0.239 e. The SMILES string of the molecule is O=C1N(C2CCCCC2)c2nc(Nc3ccc(SCl)cc3)ncc2C12CC2. The van der Waals surface area contributed by atoms with E-state index in [1.54, 1.807) is 0 Å². The van der Waals surface area contributed by atoms with E-state index in [2.05, 4.69) is 10.3 Å². The number of anilines is 3. The van der Waals surface area contributed by atoms with E-state index in [1.807, 2.05) is 35.4 Å². The van der Waals surface area contributed by atoms with E-state index in [0.717, 1.165) is 47.6 Å². The Balaban J connectivity index is 1.47. The third kappa shape index (κ3) is 2.90. The molecule has 0 bridgehead atoms. The van der Waals surface area contributed by atoms with Gasteiger partial charge >= 0.3 is 0 Å². The number of hydrogen-bond donors (Lipinski definition) is 1. The fraction of sp³-hybridized carbons (Fsp3) is 0.450. The van der Waals surface area contributed by atoms with Crippen molar-refractivity contribution in [2.24, 2.45) is 0 Å². The fourth-order valence-electron chi connectivity index (χ4n) is 4.40. The summed E-state index contributed by atoms with van der Waals surface area (Å²) in [6.45, 7) is 0. The lowest BCUT2D eigenvalue weighted by atomic mass is 9.94. The first-order valence-corrected chi connectivity index (χ1v) is 11.2. The molecule has 0 radical (unpaired) electrons. The van der Waals surface area contributed by atoms with E-state index in [9.17, 15) is 4.79 Å². The zero-order valence-corrected chi connectivity index (χ0v) is 16.5. The van der Waals surface area contributed by atoms with Crippen LogP contribution in [0.4, 0.5) is 17.5 Å². The lowest BCUT2D eigenvalue weighted by molar-refractivity contribution is -0.120. The van der Waals surface area contributed by atoms with Crippen LogP contribution in [-0.2, 0) is 10.2 Å². The summed E-state index contributed by atoms with van der Waals surface area (Å²) in [5.74, 6) is 1.61. The molecule has 1 aliphatic heterocycles. The lowest BCUT2D eigenvalue weighted by Gasteiger charge is -2.31. The van der Waals surface area contributed by atoms with Crippen molar-refractivity contribution < 1.29 is 4.79 Å². The number of halogens is 1. The average Bonchev–Trinajstić information content (AvgIpc) is 3.47. The highest BCUT2D eigenvalue weighted by molar-refractivity contribution is 8.21. The number of benzene rings is 1. The molecule has 3 aliphatic rings. The van der Waals surface area contributed by atoms with Gasteiger partial charge in [0, 0.05) is 28.4 Å². The number of carbonyl (C=O) groups is 1. The van der Waals surface area contributed by atoms with E-state index in [4.69, 9.17) is 15.7 Å². The normalized spacial score (nSPS) is 20.8. The van der Waals surface area contributed by atoms with E-state index in [1.165, 1.54) is 30.2 Å². The van der Waals surface area contributed by atoms with Crippen LogP contribution < -0.4 is 10.2 Å². The van der Waals surface area contributed by atoms with Gasteiger partial charge in [0.15, 0.2) is 0 Å². The summed E-state index contributed by atoms with van der Waals surface area (Å²) in [7, 11) is 6.97. The second-order valence-electron chi connectivity index (χ2n) is 7.71. The number of nitrogens with one attached hydrogen (secondary N) is 1. The molecule has 7 heteroatoms. The van der Waals surface area contributed by atoms with Gasteiger partial charge in [0.05, 0.1) is 5.41 Å². The predicted octanol–water partition coefficient (Wildman–Crippen LogP) is 5.18. The molecule has 0 atom stereocenters. The zero-order valence-electron chi connectivity index (χ0n) is 14.9. The van der Waals surface area contributed by atoms with Gasteiger partial charge in [0.1, 0.15) is 5.82 Å². The highest BCUT2D eigenvalue weighted by atomic mass is 35.7. The number of carbonyl (C=O) groups excluding carboxylic acids is 1. The summed E-state index contributed by atoms with van der Waals surface area (Å²) in [6.07, 6.45) is 9.52. The molecule has 140 valence electrons. The summed E-state index contributed by atoms with van der Waals surface area (Å²) < 4.78 is 0. The highest BCUT2D eigenvalue weighted by Gasteiger charge is 2.61. The van der Waals surface area contributed by atoms with Gasteiger partial charge in [-0.1, -0.05) is 19.3 Å². The lowest BCUT2D eigenvalue weighted by Crippen LogP contribution is -2.42. The number of nitrogens with zero attached hydrogens (tertiary/aromatic N) is 3. The molecule has 1 spiro atoms. The van der Waals surface area contributed by atoms with Gasteiger partial charge in [-0.15, -0.1) is 0 Å². The van der Waals surface area contributed by atoms with Gasteiger partial charge in [-0.3, -0.25) is 9.69 Å². The van der Waals surface area contributed by atoms with Crippen molar-refractivity contribution >= 4 is 45.0 Å². The molecule has 2 saturated carbocycles. The van der Waals surface area contributed by atoms with Crippen molar-refractivity contribution in [2.75, 3.05) is 10.2 Å². The minimum absolute atomic E-state index is 0.249. The molecular formula is C20H21ClN4OS. The van der Waals surface area contributed by atoms with Crippen molar-refractivity contribution in [1.82, 2.24) is 9.97 Å². The molecule has 2 fully saturated rings. The molecule has 0 unspecified atom stereocenters. The highest BCUT2D eigenvalue weighted by Crippen LogP contribution is 2.57. The third-order valence-corrected chi connectivity index (χ3v) is 7.01. The monoisotopic (exact) mass is 400 g/mol. The Kier molecular flexibility index (Phi) is 4.28. The van der Waals surface area contributed by atoms with Crippen molar-refractivity contribution in [3.63, 3.8) is 0 Å². The molecule has 1 aromatic carbocycles. The minimum Gasteiger partial charge on any atom is -0.324 e. The second kappa shape index (κ2) is 6.67. The Labute approximate surface area is 167 Å². The van der Waals surface area contributed by atoms with Crippen LogP contribution in [-0.4, -0.2) is 21.9 Å². The van der Waals surface area contributed by atoms with E-state index < -0.39 is 0 Å². The average molecular weight is 401 g/mol. The number of rotatable bonds is 4. The van der Waals surface area contributed by atoms with Gasteiger partial charge in [0.25, 0.3) is 0 Å². The molecule has 5 nitrogen and oxygen atoms in total. The number of aromatic nitrogens is 2. The third-order valence-electron chi connectivity index (χ3n) is 6.03.